The molecule has 18 heavy (non-hydrogen) atoms. The molecule has 0 heterocycles. The molecule has 0 aliphatic heterocycles. The van der Waals surface area contributed by atoms with Gasteiger partial charge in [-0.3, -0.25) is 9.69 Å². The average molecular weight is 251 g/mol. The summed E-state index contributed by atoms with van der Waals surface area (Å²) in [5, 5.41) is 0. The first-order valence-electron chi connectivity index (χ1n) is 6.11. The predicted octanol–water partition coefficient (Wildman–Crippen LogP) is 2.08. The van der Waals surface area contributed by atoms with Crippen LogP contribution in [0.2, 0.25) is 0 Å². The number of carbonyl (C=O) groups is 1. The zero-order valence-electron chi connectivity index (χ0n) is 11.3. The highest BCUT2D eigenvalue weighted by atomic mass is 16.5. The number of hydrogen-bond donors (Lipinski definition) is 0. The van der Waals surface area contributed by atoms with Crippen molar-refractivity contribution in [3.63, 3.8) is 0 Å². The Balaban J connectivity index is 2.53. The molecular formula is C14H21NO3. The van der Waals surface area contributed by atoms with Gasteiger partial charge in [-0.15, -0.1) is 0 Å². The van der Waals surface area contributed by atoms with Crippen molar-refractivity contribution in [2.45, 2.75) is 19.9 Å². The Hall–Kier alpha value is -1.55. The summed E-state index contributed by atoms with van der Waals surface area (Å²) in [6, 6.07) is 7.97. The molecule has 0 bridgehead atoms. The lowest BCUT2D eigenvalue weighted by Crippen LogP contribution is -2.26. The molecule has 0 amide bonds. The highest BCUT2D eigenvalue weighted by molar-refractivity contribution is 5.69. The van der Waals surface area contributed by atoms with Crippen molar-refractivity contribution in [3.05, 3.63) is 29.8 Å². The average Bonchev–Trinajstić information content (AvgIpc) is 2.43. The van der Waals surface area contributed by atoms with Crippen molar-refractivity contribution in [2.75, 3.05) is 27.3 Å². The Morgan fingerprint density at radius 2 is 2.11 bits per heavy atom. The van der Waals surface area contributed by atoms with E-state index in [0.29, 0.717) is 13.0 Å². The number of esters is 1. The number of ether oxygens (including phenoxy) is 2. The van der Waals surface area contributed by atoms with Crippen LogP contribution in [0, 0.1) is 0 Å². The van der Waals surface area contributed by atoms with Gasteiger partial charge in [0.15, 0.2) is 0 Å². The maximum Gasteiger partial charge on any atom is 0.306 e. The van der Waals surface area contributed by atoms with Gasteiger partial charge in [-0.2, -0.15) is 0 Å². The van der Waals surface area contributed by atoms with Crippen molar-refractivity contribution in [1.29, 1.82) is 0 Å². The largest absolute Gasteiger partial charge is 0.497 e. The summed E-state index contributed by atoms with van der Waals surface area (Å²) in [5.74, 6) is 0.690. The van der Waals surface area contributed by atoms with Crippen molar-refractivity contribution in [1.82, 2.24) is 4.90 Å². The van der Waals surface area contributed by atoms with Gasteiger partial charge in [0, 0.05) is 13.1 Å². The molecule has 0 N–H and O–H groups in total. The van der Waals surface area contributed by atoms with Gasteiger partial charge in [-0.05, 0) is 24.2 Å². The van der Waals surface area contributed by atoms with Crippen LogP contribution >= 0.6 is 0 Å². The van der Waals surface area contributed by atoms with Gasteiger partial charge in [0.25, 0.3) is 0 Å². The fraction of sp³-hybridized carbons (Fsp3) is 0.500. The van der Waals surface area contributed by atoms with E-state index in [1.807, 2.05) is 18.2 Å². The second kappa shape index (κ2) is 7.71. The molecule has 100 valence electrons. The van der Waals surface area contributed by atoms with Crippen LogP contribution in [0.5, 0.6) is 5.75 Å². The molecule has 0 radical (unpaired) electrons. The molecule has 0 aliphatic rings. The minimum atomic E-state index is -0.168. The second-order valence-corrected chi connectivity index (χ2v) is 4.05. The van der Waals surface area contributed by atoms with Gasteiger partial charge in [-0.25, -0.2) is 0 Å². The minimum Gasteiger partial charge on any atom is -0.497 e. The van der Waals surface area contributed by atoms with Gasteiger partial charge in [0.1, 0.15) is 5.75 Å². The number of benzene rings is 1. The number of hydrogen-bond acceptors (Lipinski definition) is 4. The third-order valence-electron chi connectivity index (χ3n) is 2.85. The van der Waals surface area contributed by atoms with Gasteiger partial charge < -0.3 is 9.47 Å². The molecule has 0 spiro atoms. The lowest BCUT2D eigenvalue weighted by molar-refractivity contribution is -0.141. The third kappa shape index (κ3) is 4.75. The summed E-state index contributed by atoms with van der Waals surface area (Å²) in [6.45, 7) is 4.50. The lowest BCUT2D eigenvalue weighted by Gasteiger charge is -2.20. The summed E-state index contributed by atoms with van der Waals surface area (Å²) in [4.78, 5) is 13.3. The van der Waals surface area contributed by atoms with E-state index in [-0.39, 0.29) is 5.97 Å². The normalized spacial score (nSPS) is 10.4. The lowest BCUT2D eigenvalue weighted by atomic mass is 10.2. The molecule has 0 aliphatic carbocycles. The van der Waals surface area contributed by atoms with Crippen LogP contribution in [0.4, 0.5) is 0 Å². The van der Waals surface area contributed by atoms with Crippen molar-refractivity contribution < 1.29 is 14.3 Å². The molecule has 1 rings (SSSR count). The van der Waals surface area contributed by atoms with E-state index in [2.05, 4.69) is 22.6 Å². The van der Waals surface area contributed by atoms with E-state index in [1.165, 1.54) is 12.7 Å². The molecule has 0 aromatic heterocycles. The molecule has 1 aromatic rings. The predicted molar refractivity (Wildman–Crippen MR) is 70.6 cm³/mol. The first kappa shape index (κ1) is 14.5. The molecule has 4 heteroatoms. The van der Waals surface area contributed by atoms with Crippen LogP contribution in [0.3, 0.4) is 0 Å². The smallest absolute Gasteiger partial charge is 0.306 e. The van der Waals surface area contributed by atoms with Crippen LogP contribution < -0.4 is 4.74 Å². The Kier molecular flexibility index (Phi) is 6.22. The van der Waals surface area contributed by atoms with Crippen LogP contribution in [0.15, 0.2) is 24.3 Å². The highest BCUT2D eigenvalue weighted by Gasteiger charge is 2.07. The van der Waals surface area contributed by atoms with Crippen LogP contribution in [-0.2, 0) is 16.1 Å². The fourth-order valence-corrected chi connectivity index (χ4v) is 1.73. The Labute approximate surface area is 108 Å². The number of nitrogens with zero attached hydrogens (tertiary/aromatic N) is 1. The Morgan fingerprint density at radius 3 is 2.72 bits per heavy atom. The molecular weight excluding hydrogens is 230 g/mol. The van der Waals surface area contributed by atoms with Gasteiger partial charge >= 0.3 is 5.97 Å². The first-order chi connectivity index (χ1) is 8.69. The topological polar surface area (TPSA) is 38.8 Å². The van der Waals surface area contributed by atoms with E-state index >= 15 is 0 Å². The Bertz CT molecular complexity index is 379. The molecule has 0 saturated carbocycles. The molecule has 1 aromatic carbocycles. The summed E-state index contributed by atoms with van der Waals surface area (Å²) in [5.41, 5.74) is 1.18. The number of methoxy groups -OCH3 is 2. The zero-order chi connectivity index (χ0) is 13.4. The SMILES string of the molecule is CCN(CCC(=O)OC)Cc1cccc(OC)c1. The van der Waals surface area contributed by atoms with E-state index in [4.69, 9.17) is 4.74 Å². The van der Waals surface area contributed by atoms with Crippen molar-refractivity contribution in [2.24, 2.45) is 0 Å². The summed E-state index contributed by atoms with van der Waals surface area (Å²) in [6.07, 6.45) is 0.425. The van der Waals surface area contributed by atoms with Crippen molar-refractivity contribution in [3.8, 4) is 5.75 Å². The van der Waals surface area contributed by atoms with Crippen molar-refractivity contribution >= 4 is 5.97 Å². The van der Waals surface area contributed by atoms with Gasteiger partial charge in [-0.1, -0.05) is 19.1 Å². The highest BCUT2D eigenvalue weighted by Crippen LogP contribution is 2.14. The fourth-order valence-electron chi connectivity index (χ4n) is 1.73. The molecule has 0 saturated heterocycles. The number of rotatable bonds is 7. The van der Waals surface area contributed by atoms with E-state index in [1.54, 1.807) is 7.11 Å². The monoisotopic (exact) mass is 251 g/mol. The molecule has 0 fully saturated rings. The summed E-state index contributed by atoms with van der Waals surface area (Å²) >= 11 is 0. The maximum absolute atomic E-state index is 11.1. The second-order valence-electron chi connectivity index (χ2n) is 4.05. The maximum atomic E-state index is 11.1. The minimum absolute atomic E-state index is 0.168. The van der Waals surface area contributed by atoms with Gasteiger partial charge in [0.2, 0.25) is 0 Å². The van der Waals surface area contributed by atoms with Crippen LogP contribution in [-0.4, -0.2) is 38.2 Å². The third-order valence-corrected chi connectivity index (χ3v) is 2.85. The molecule has 4 nitrogen and oxygen atoms in total. The standard InChI is InChI=1S/C14H21NO3/c1-4-15(9-8-14(16)18-3)11-12-6-5-7-13(10-12)17-2/h5-7,10H,4,8-9,11H2,1-3H3. The van der Waals surface area contributed by atoms with Crippen LogP contribution in [0.1, 0.15) is 18.9 Å². The van der Waals surface area contributed by atoms with Crippen LogP contribution in [0.25, 0.3) is 0 Å². The van der Waals surface area contributed by atoms with E-state index < -0.39 is 0 Å². The zero-order valence-corrected chi connectivity index (χ0v) is 11.3. The van der Waals surface area contributed by atoms with E-state index in [9.17, 15) is 4.79 Å². The summed E-state index contributed by atoms with van der Waals surface area (Å²) in [7, 11) is 3.08. The number of carbonyl (C=O) groups excluding carboxylic acids is 1. The molecule has 0 atom stereocenters. The summed E-state index contributed by atoms with van der Waals surface area (Å²) < 4.78 is 9.84. The Morgan fingerprint density at radius 1 is 1.33 bits per heavy atom. The van der Waals surface area contributed by atoms with Gasteiger partial charge in [0.05, 0.1) is 20.6 Å². The first-order valence-corrected chi connectivity index (χ1v) is 6.11. The van der Waals surface area contributed by atoms with E-state index in [0.717, 1.165) is 18.8 Å². The quantitative estimate of drug-likeness (QED) is 0.695. The molecule has 0 unspecified atom stereocenters.